The molecule has 3 rings (SSSR count). The maximum Gasteiger partial charge on any atom is 0.254 e. The van der Waals surface area contributed by atoms with Crippen LogP contribution in [0.5, 0.6) is 11.5 Å². The molecule has 0 spiro atoms. The van der Waals surface area contributed by atoms with E-state index < -0.39 is 0 Å². The smallest absolute Gasteiger partial charge is 0.254 e. The van der Waals surface area contributed by atoms with Crippen LogP contribution >= 0.6 is 0 Å². The van der Waals surface area contributed by atoms with Gasteiger partial charge < -0.3 is 14.4 Å². The molecule has 3 atom stereocenters. The van der Waals surface area contributed by atoms with E-state index in [1.165, 1.54) is 12.8 Å². The molecule has 25 heavy (non-hydrogen) atoms. The van der Waals surface area contributed by atoms with Crippen LogP contribution in [0.2, 0.25) is 0 Å². The largest absolute Gasteiger partial charge is 0.497 e. The van der Waals surface area contributed by atoms with Crippen LogP contribution in [0.15, 0.2) is 30.4 Å². The number of ether oxygens (including phenoxy) is 2. The van der Waals surface area contributed by atoms with Crippen molar-refractivity contribution in [3.05, 3.63) is 35.9 Å². The second-order valence-electron chi connectivity index (χ2n) is 7.75. The van der Waals surface area contributed by atoms with Gasteiger partial charge in [0.1, 0.15) is 11.5 Å². The third kappa shape index (κ3) is 4.00. The van der Waals surface area contributed by atoms with Gasteiger partial charge in [0.15, 0.2) is 0 Å². The van der Waals surface area contributed by atoms with Crippen molar-refractivity contribution in [2.24, 2.45) is 23.7 Å². The number of methoxy groups -OCH3 is 2. The van der Waals surface area contributed by atoms with Crippen molar-refractivity contribution in [1.29, 1.82) is 0 Å². The van der Waals surface area contributed by atoms with Crippen LogP contribution in [0.4, 0.5) is 0 Å². The van der Waals surface area contributed by atoms with E-state index in [0.29, 0.717) is 34.8 Å². The van der Waals surface area contributed by atoms with Gasteiger partial charge in [-0.25, -0.2) is 0 Å². The summed E-state index contributed by atoms with van der Waals surface area (Å²) in [6.07, 6.45) is 7.18. The Morgan fingerprint density at radius 3 is 2.28 bits per heavy atom. The normalized spacial score (nSPS) is 24.0. The Labute approximate surface area is 150 Å². The number of hydrogen-bond acceptors (Lipinski definition) is 3. The van der Waals surface area contributed by atoms with Crippen molar-refractivity contribution in [3.8, 4) is 11.5 Å². The highest BCUT2D eigenvalue weighted by Crippen LogP contribution is 2.43. The minimum Gasteiger partial charge on any atom is -0.497 e. The Balaban J connectivity index is 1.80. The number of nitrogens with zero attached hydrogens (tertiary/aromatic N) is 1. The summed E-state index contributed by atoms with van der Waals surface area (Å²) in [4.78, 5) is 15.2. The second kappa shape index (κ2) is 7.51. The number of allylic oxidation sites excluding steroid dienone is 2. The number of carbonyl (C=O) groups excluding carboxylic acids is 1. The molecule has 2 bridgehead atoms. The second-order valence-corrected chi connectivity index (χ2v) is 7.75. The molecule has 2 aliphatic rings. The molecular weight excluding hydrogens is 314 g/mol. The SMILES string of the molecule is COc1cc(OC)cc(C(=O)N(CC(C)C)CC2CC3C=CC2C3)c1. The molecule has 1 aromatic carbocycles. The van der Waals surface area contributed by atoms with Gasteiger partial charge in [-0.3, -0.25) is 4.79 Å². The Bertz CT molecular complexity index is 630. The molecule has 0 N–H and O–H groups in total. The number of benzene rings is 1. The van der Waals surface area contributed by atoms with Crippen LogP contribution < -0.4 is 9.47 Å². The van der Waals surface area contributed by atoms with Crippen LogP contribution in [0.1, 0.15) is 37.0 Å². The van der Waals surface area contributed by atoms with E-state index in [2.05, 4.69) is 26.0 Å². The van der Waals surface area contributed by atoms with Crippen molar-refractivity contribution in [2.45, 2.75) is 26.7 Å². The lowest BCUT2D eigenvalue weighted by atomic mass is 9.92. The predicted octanol–water partition coefficient (Wildman–Crippen LogP) is 4.01. The third-order valence-corrected chi connectivity index (χ3v) is 5.34. The highest BCUT2D eigenvalue weighted by atomic mass is 16.5. The van der Waals surface area contributed by atoms with Crippen molar-refractivity contribution in [2.75, 3.05) is 27.3 Å². The molecule has 0 aromatic heterocycles. The summed E-state index contributed by atoms with van der Waals surface area (Å²) < 4.78 is 10.6. The number of fused-ring (bicyclic) bond motifs is 2. The van der Waals surface area contributed by atoms with Crippen molar-refractivity contribution >= 4 is 5.91 Å². The van der Waals surface area contributed by atoms with E-state index in [-0.39, 0.29) is 5.91 Å². The lowest BCUT2D eigenvalue weighted by Crippen LogP contribution is -2.39. The summed E-state index contributed by atoms with van der Waals surface area (Å²) in [6, 6.07) is 5.40. The summed E-state index contributed by atoms with van der Waals surface area (Å²) >= 11 is 0. The van der Waals surface area contributed by atoms with Gasteiger partial charge in [0.05, 0.1) is 14.2 Å². The molecular formula is C21H29NO3. The number of rotatable bonds is 7. The summed E-state index contributed by atoms with van der Waals surface area (Å²) in [6.45, 7) is 5.93. The Morgan fingerprint density at radius 2 is 1.80 bits per heavy atom. The molecule has 1 aromatic rings. The van der Waals surface area contributed by atoms with Crippen LogP contribution in [-0.4, -0.2) is 38.1 Å². The number of amides is 1. The van der Waals surface area contributed by atoms with E-state index in [1.54, 1.807) is 32.4 Å². The van der Waals surface area contributed by atoms with Crippen molar-refractivity contribution in [3.63, 3.8) is 0 Å². The van der Waals surface area contributed by atoms with E-state index in [0.717, 1.165) is 19.0 Å². The maximum absolute atomic E-state index is 13.2. The first-order chi connectivity index (χ1) is 12.0. The topological polar surface area (TPSA) is 38.8 Å². The Hall–Kier alpha value is -1.97. The maximum atomic E-state index is 13.2. The average Bonchev–Trinajstić information content (AvgIpc) is 3.22. The van der Waals surface area contributed by atoms with Gasteiger partial charge in [0, 0.05) is 24.7 Å². The van der Waals surface area contributed by atoms with E-state index in [4.69, 9.17) is 9.47 Å². The zero-order valence-electron chi connectivity index (χ0n) is 15.7. The summed E-state index contributed by atoms with van der Waals surface area (Å²) in [5.74, 6) is 3.76. The molecule has 1 fully saturated rings. The molecule has 4 nitrogen and oxygen atoms in total. The van der Waals surface area contributed by atoms with Crippen LogP contribution in [-0.2, 0) is 0 Å². The van der Waals surface area contributed by atoms with Gasteiger partial charge in [0.2, 0.25) is 0 Å². The Morgan fingerprint density at radius 1 is 1.12 bits per heavy atom. The minimum atomic E-state index is 0.0673. The molecule has 4 heteroatoms. The molecule has 0 radical (unpaired) electrons. The number of carbonyl (C=O) groups is 1. The van der Waals surface area contributed by atoms with Gasteiger partial charge in [-0.1, -0.05) is 26.0 Å². The highest BCUT2D eigenvalue weighted by Gasteiger charge is 2.37. The van der Waals surface area contributed by atoms with Gasteiger partial charge in [0.25, 0.3) is 5.91 Å². The first-order valence-electron chi connectivity index (χ1n) is 9.20. The van der Waals surface area contributed by atoms with Gasteiger partial charge >= 0.3 is 0 Å². The molecule has 0 heterocycles. The minimum absolute atomic E-state index is 0.0673. The monoisotopic (exact) mass is 343 g/mol. The lowest BCUT2D eigenvalue weighted by molar-refractivity contribution is 0.0696. The summed E-state index contributed by atoms with van der Waals surface area (Å²) in [5.41, 5.74) is 0.635. The van der Waals surface area contributed by atoms with Gasteiger partial charge in [-0.15, -0.1) is 0 Å². The van der Waals surface area contributed by atoms with Crippen LogP contribution in [0, 0.1) is 23.7 Å². The van der Waals surface area contributed by atoms with Gasteiger partial charge in [-0.2, -0.15) is 0 Å². The highest BCUT2D eigenvalue weighted by molar-refractivity contribution is 5.95. The fourth-order valence-corrected chi connectivity index (χ4v) is 4.18. The van der Waals surface area contributed by atoms with Crippen LogP contribution in [0.25, 0.3) is 0 Å². The third-order valence-electron chi connectivity index (χ3n) is 5.34. The van der Waals surface area contributed by atoms with Gasteiger partial charge in [-0.05, 0) is 48.6 Å². The molecule has 0 aliphatic heterocycles. The average molecular weight is 343 g/mol. The first-order valence-corrected chi connectivity index (χ1v) is 9.20. The molecule has 0 saturated heterocycles. The standard InChI is InChI=1S/C21H29NO3/c1-14(2)12-22(13-18-8-15-5-6-16(18)7-15)21(23)17-9-19(24-3)11-20(10-17)25-4/h5-6,9-11,14-16,18H,7-8,12-13H2,1-4H3. The lowest BCUT2D eigenvalue weighted by Gasteiger charge is -2.30. The predicted molar refractivity (Wildman–Crippen MR) is 99.1 cm³/mol. The number of hydrogen-bond donors (Lipinski definition) is 0. The van der Waals surface area contributed by atoms with Crippen molar-refractivity contribution in [1.82, 2.24) is 4.90 Å². The van der Waals surface area contributed by atoms with E-state index in [1.807, 2.05) is 4.90 Å². The van der Waals surface area contributed by atoms with E-state index >= 15 is 0 Å². The molecule has 3 unspecified atom stereocenters. The van der Waals surface area contributed by atoms with Crippen LogP contribution in [0.3, 0.4) is 0 Å². The van der Waals surface area contributed by atoms with Crippen molar-refractivity contribution < 1.29 is 14.3 Å². The fraction of sp³-hybridized carbons (Fsp3) is 0.571. The quantitative estimate of drug-likeness (QED) is 0.702. The summed E-state index contributed by atoms with van der Waals surface area (Å²) in [5, 5.41) is 0. The molecule has 2 aliphatic carbocycles. The first kappa shape index (κ1) is 17.8. The molecule has 1 amide bonds. The molecule has 136 valence electrons. The Kier molecular flexibility index (Phi) is 5.36. The zero-order valence-corrected chi connectivity index (χ0v) is 15.7. The van der Waals surface area contributed by atoms with E-state index in [9.17, 15) is 4.79 Å². The zero-order chi connectivity index (χ0) is 18.0. The molecule has 1 saturated carbocycles. The summed E-state index contributed by atoms with van der Waals surface area (Å²) in [7, 11) is 3.22. The fourth-order valence-electron chi connectivity index (χ4n) is 4.18.